The van der Waals surface area contributed by atoms with Crippen LogP contribution in [0.1, 0.15) is 19.0 Å². The summed E-state index contributed by atoms with van der Waals surface area (Å²) in [5.41, 5.74) is 0.808. The Morgan fingerprint density at radius 1 is 1.44 bits per heavy atom. The average molecular weight is 227 g/mol. The average Bonchev–Trinajstić information content (AvgIpc) is 2.22. The van der Waals surface area contributed by atoms with E-state index in [1.807, 2.05) is 11.8 Å². The largest absolute Gasteiger partial charge is 0.355 e. The lowest BCUT2D eigenvalue weighted by Gasteiger charge is -2.37. The van der Waals surface area contributed by atoms with Crippen LogP contribution in [0, 0.1) is 12.8 Å². The smallest absolute Gasteiger partial charge is 0.254 e. The van der Waals surface area contributed by atoms with Gasteiger partial charge in [0.1, 0.15) is 5.82 Å². The van der Waals surface area contributed by atoms with Crippen LogP contribution in [0.15, 0.2) is 12.4 Å². The highest BCUT2D eigenvalue weighted by Gasteiger charge is 2.41. The van der Waals surface area contributed by atoms with Crippen molar-refractivity contribution in [2.24, 2.45) is 5.92 Å². The minimum atomic E-state index is -2.55. The summed E-state index contributed by atoms with van der Waals surface area (Å²) in [6.07, 6.45) is 3.18. The van der Waals surface area contributed by atoms with E-state index in [9.17, 15) is 8.78 Å². The monoisotopic (exact) mass is 227 g/mol. The number of nitrogens with zero attached hydrogens (tertiary/aromatic N) is 3. The minimum absolute atomic E-state index is 0.107. The number of alkyl halides is 2. The zero-order chi connectivity index (χ0) is 11.8. The van der Waals surface area contributed by atoms with Crippen molar-refractivity contribution in [1.29, 1.82) is 0 Å². The molecule has 16 heavy (non-hydrogen) atoms. The summed E-state index contributed by atoms with van der Waals surface area (Å²) in [6, 6.07) is 0. The summed E-state index contributed by atoms with van der Waals surface area (Å²) >= 11 is 0. The Morgan fingerprint density at radius 2 is 2.19 bits per heavy atom. The lowest BCUT2D eigenvalue weighted by Crippen LogP contribution is -2.46. The molecule has 1 saturated heterocycles. The second kappa shape index (κ2) is 3.96. The van der Waals surface area contributed by atoms with Gasteiger partial charge < -0.3 is 4.90 Å². The van der Waals surface area contributed by atoms with Crippen LogP contribution >= 0.6 is 0 Å². The van der Waals surface area contributed by atoms with Gasteiger partial charge in [-0.05, 0) is 6.92 Å². The Kier molecular flexibility index (Phi) is 2.78. The molecule has 1 aliphatic heterocycles. The van der Waals surface area contributed by atoms with E-state index >= 15 is 0 Å². The number of hydrogen-bond donors (Lipinski definition) is 0. The van der Waals surface area contributed by atoms with E-state index in [1.54, 1.807) is 19.3 Å². The van der Waals surface area contributed by atoms with Crippen molar-refractivity contribution in [3.05, 3.63) is 18.1 Å². The summed E-state index contributed by atoms with van der Waals surface area (Å²) in [7, 11) is 0. The van der Waals surface area contributed by atoms with Crippen LogP contribution in [-0.2, 0) is 0 Å². The van der Waals surface area contributed by atoms with Crippen LogP contribution < -0.4 is 4.90 Å². The van der Waals surface area contributed by atoms with Crippen molar-refractivity contribution < 1.29 is 8.78 Å². The highest BCUT2D eigenvalue weighted by atomic mass is 19.3. The molecule has 0 aliphatic carbocycles. The maximum Gasteiger partial charge on any atom is 0.254 e. The molecular weight excluding hydrogens is 212 g/mol. The maximum absolute atomic E-state index is 13.3. The number of anilines is 1. The van der Waals surface area contributed by atoms with Crippen molar-refractivity contribution in [2.75, 3.05) is 18.0 Å². The van der Waals surface area contributed by atoms with Gasteiger partial charge in [-0.1, -0.05) is 6.92 Å². The van der Waals surface area contributed by atoms with Crippen molar-refractivity contribution in [3.8, 4) is 0 Å². The molecule has 1 atom stereocenters. The second-order valence-electron chi connectivity index (χ2n) is 4.38. The fourth-order valence-electron chi connectivity index (χ4n) is 1.90. The summed E-state index contributed by atoms with van der Waals surface area (Å²) in [5, 5.41) is 0. The van der Waals surface area contributed by atoms with Gasteiger partial charge in [0.2, 0.25) is 0 Å². The molecule has 1 aromatic rings. The first kappa shape index (κ1) is 11.2. The van der Waals surface area contributed by atoms with E-state index in [4.69, 9.17) is 0 Å². The Balaban J connectivity index is 2.14. The van der Waals surface area contributed by atoms with E-state index in [0.29, 0.717) is 18.9 Å². The Hall–Kier alpha value is -1.26. The first-order chi connectivity index (χ1) is 7.49. The molecule has 0 unspecified atom stereocenters. The van der Waals surface area contributed by atoms with Crippen molar-refractivity contribution in [1.82, 2.24) is 9.97 Å². The number of rotatable bonds is 1. The zero-order valence-corrected chi connectivity index (χ0v) is 9.45. The van der Waals surface area contributed by atoms with Gasteiger partial charge in [0, 0.05) is 31.6 Å². The van der Waals surface area contributed by atoms with Crippen molar-refractivity contribution in [3.63, 3.8) is 0 Å². The molecule has 0 N–H and O–H groups in total. The second-order valence-corrected chi connectivity index (χ2v) is 4.38. The molecule has 0 bridgehead atoms. The van der Waals surface area contributed by atoms with Crippen LogP contribution in [0.5, 0.6) is 0 Å². The Bertz CT molecular complexity index is 381. The molecule has 0 radical (unpaired) electrons. The van der Waals surface area contributed by atoms with Crippen LogP contribution in [0.3, 0.4) is 0 Å². The van der Waals surface area contributed by atoms with E-state index < -0.39 is 11.8 Å². The third-order valence-corrected chi connectivity index (χ3v) is 3.00. The van der Waals surface area contributed by atoms with E-state index in [2.05, 4.69) is 9.97 Å². The van der Waals surface area contributed by atoms with E-state index in [0.717, 1.165) is 5.69 Å². The van der Waals surface area contributed by atoms with Gasteiger partial charge in [0.25, 0.3) is 5.92 Å². The Morgan fingerprint density at radius 3 is 2.81 bits per heavy atom. The van der Waals surface area contributed by atoms with Gasteiger partial charge in [0.05, 0.1) is 11.9 Å². The number of aromatic nitrogens is 2. The lowest BCUT2D eigenvalue weighted by atomic mass is 9.95. The minimum Gasteiger partial charge on any atom is -0.355 e. The maximum atomic E-state index is 13.3. The molecular formula is C11H15F2N3. The summed E-state index contributed by atoms with van der Waals surface area (Å²) in [5.74, 6) is -2.49. The van der Waals surface area contributed by atoms with Gasteiger partial charge in [-0.2, -0.15) is 0 Å². The molecule has 0 spiro atoms. The van der Waals surface area contributed by atoms with Crippen LogP contribution in [0.2, 0.25) is 0 Å². The van der Waals surface area contributed by atoms with Gasteiger partial charge in [-0.3, -0.25) is 4.98 Å². The summed E-state index contributed by atoms with van der Waals surface area (Å²) in [4.78, 5) is 10.2. The van der Waals surface area contributed by atoms with Crippen molar-refractivity contribution in [2.45, 2.75) is 26.2 Å². The van der Waals surface area contributed by atoms with Crippen LogP contribution in [0.4, 0.5) is 14.6 Å². The normalized spacial score (nSPS) is 24.5. The molecule has 1 aliphatic rings. The number of hydrogen-bond acceptors (Lipinski definition) is 3. The molecule has 2 heterocycles. The molecule has 88 valence electrons. The molecule has 0 amide bonds. The topological polar surface area (TPSA) is 29.0 Å². The summed E-state index contributed by atoms with van der Waals surface area (Å²) < 4.78 is 26.6. The number of aryl methyl sites for hydroxylation is 1. The van der Waals surface area contributed by atoms with Crippen molar-refractivity contribution >= 4 is 5.82 Å². The molecule has 1 fully saturated rings. The van der Waals surface area contributed by atoms with Crippen LogP contribution in [0.25, 0.3) is 0 Å². The standard InChI is InChI=1S/C11H15F2N3/c1-8-7-16(4-3-11(8,12)13)10-6-14-5-9(2)15-10/h5-6,8H,3-4,7H2,1-2H3/t8-/m0/s1. The highest BCUT2D eigenvalue weighted by molar-refractivity contribution is 5.37. The number of halogens is 2. The molecule has 2 rings (SSSR count). The quantitative estimate of drug-likeness (QED) is 0.737. The van der Waals surface area contributed by atoms with Gasteiger partial charge >= 0.3 is 0 Å². The SMILES string of the molecule is Cc1cncc(N2CCC(F)(F)[C@@H](C)C2)n1. The molecule has 1 aromatic heterocycles. The summed E-state index contributed by atoms with van der Waals surface area (Å²) in [6.45, 7) is 4.11. The Labute approximate surface area is 93.5 Å². The molecule has 5 heteroatoms. The fourth-order valence-corrected chi connectivity index (χ4v) is 1.90. The first-order valence-corrected chi connectivity index (χ1v) is 5.40. The zero-order valence-electron chi connectivity index (χ0n) is 9.45. The first-order valence-electron chi connectivity index (χ1n) is 5.40. The predicted octanol–water partition coefficient (Wildman–Crippen LogP) is 2.27. The van der Waals surface area contributed by atoms with E-state index in [-0.39, 0.29) is 6.42 Å². The van der Waals surface area contributed by atoms with Gasteiger partial charge in [-0.25, -0.2) is 13.8 Å². The fraction of sp³-hybridized carbons (Fsp3) is 0.636. The third kappa shape index (κ3) is 2.13. The molecule has 0 saturated carbocycles. The molecule has 3 nitrogen and oxygen atoms in total. The third-order valence-electron chi connectivity index (χ3n) is 3.00. The van der Waals surface area contributed by atoms with E-state index in [1.165, 1.54) is 0 Å². The van der Waals surface area contributed by atoms with Gasteiger partial charge in [0.15, 0.2) is 0 Å². The highest BCUT2D eigenvalue weighted by Crippen LogP contribution is 2.34. The number of piperidine rings is 1. The van der Waals surface area contributed by atoms with Crippen LogP contribution in [-0.4, -0.2) is 29.0 Å². The molecule has 0 aromatic carbocycles. The predicted molar refractivity (Wildman–Crippen MR) is 57.7 cm³/mol. The van der Waals surface area contributed by atoms with Gasteiger partial charge in [-0.15, -0.1) is 0 Å². The lowest BCUT2D eigenvalue weighted by molar-refractivity contribution is -0.0652.